The molecule has 0 aliphatic heterocycles. The van der Waals surface area contributed by atoms with Gasteiger partial charge in [-0.2, -0.15) is 10.4 Å². The summed E-state index contributed by atoms with van der Waals surface area (Å²) in [6, 6.07) is 3.69. The fraction of sp³-hybridized carbons (Fsp3) is 0.0909. The molecule has 0 fully saturated rings. The van der Waals surface area contributed by atoms with E-state index in [9.17, 15) is 0 Å². The van der Waals surface area contributed by atoms with E-state index in [4.69, 9.17) is 5.26 Å². The summed E-state index contributed by atoms with van der Waals surface area (Å²) in [6.07, 6.45) is 6.60. The molecule has 2 aromatic heterocycles. The molecule has 0 amide bonds. The van der Waals surface area contributed by atoms with Crippen LogP contribution in [0.3, 0.4) is 0 Å². The largest absolute Gasteiger partial charge is 0.261 e. The average Bonchev–Trinajstić information content (AvgIpc) is 2.83. The van der Waals surface area contributed by atoms with Gasteiger partial charge in [0.2, 0.25) is 5.82 Å². The van der Waals surface area contributed by atoms with Crippen molar-refractivity contribution in [2.45, 2.75) is 6.54 Å². The second-order valence-electron chi connectivity index (χ2n) is 2.91. The monoisotopic (exact) mass is 209 g/mol. The van der Waals surface area contributed by atoms with E-state index in [2.05, 4.69) is 26.9 Å². The molecule has 0 radical (unpaired) electrons. The van der Waals surface area contributed by atoms with Gasteiger partial charge in [-0.15, -0.1) is 0 Å². The molecule has 0 aliphatic rings. The Morgan fingerprint density at radius 1 is 1.31 bits per heavy atom. The predicted molar refractivity (Wildman–Crippen MR) is 55.9 cm³/mol. The molecule has 0 aliphatic carbocycles. The van der Waals surface area contributed by atoms with Crippen LogP contribution in [-0.2, 0) is 6.54 Å². The lowest BCUT2D eigenvalue weighted by atomic mass is 10.3. The van der Waals surface area contributed by atoms with Gasteiger partial charge in [0.1, 0.15) is 12.6 Å². The zero-order valence-electron chi connectivity index (χ0n) is 8.33. The molecule has 76 valence electrons. The van der Waals surface area contributed by atoms with Crippen LogP contribution in [0.1, 0.15) is 11.4 Å². The highest BCUT2D eigenvalue weighted by atomic mass is 15.3. The van der Waals surface area contributed by atoms with Crippen LogP contribution in [-0.4, -0.2) is 19.7 Å². The van der Waals surface area contributed by atoms with Crippen LogP contribution >= 0.6 is 0 Å². The SMILES string of the molecule is N#Cc1ncc(C#CCn2cccn2)cn1. The van der Waals surface area contributed by atoms with Crippen LogP contribution in [0, 0.1) is 23.2 Å². The van der Waals surface area contributed by atoms with E-state index < -0.39 is 0 Å². The molecule has 16 heavy (non-hydrogen) atoms. The van der Waals surface area contributed by atoms with E-state index in [1.54, 1.807) is 10.9 Å². The van der Waals surface area contributed by atoms with Crippen LogP contribution in [0.4, 0.5) is 0 Å². The molecular weight excluding hydrogens is 202 g/mol. The highest BCUT2D eigenvalue weighted by molar-refractivity contribution is 5.30. The van der Waals surface area contributed by atoms with E-state index in [0.29, 0.717) is 12.1 Å². The third kappa shape index (κ3) is 2.43. The first-order valence-corrected chi connectivity index (χ1v) is 4.57. The van der Waals surface area contributed by atoms with Gasteiger partial charge in [0.25, 0.3) is 0 Å². The molecule has 5 heteroatoms. The Balaban J connectivity index is 2.04. The van der Waals surface area contributed by atoms with Crippen molar-refractivity contribution in [3.8, 4) is 17.9 Å². The number of nitrogens with zero attached hydrogens (tertiary/aromatic N) is 5. The second-order valence-corrected chi connectivity index (χ2v) is 2.91. The number of rotatable bonds is 1. The van der Waals surface area contributed by atoms with Gasteiger partial charge < -0.3 is 0 Å². The zero-order valence-corrected chi connectivity index (χ0v) is 8.33. The lowest BCUT2D eigenvalue weighted by molar-refractivity contribution is 0.715. The minimum atomic E-state index is 0.151. The second kappa shape index (κ2) is 4.72. The van der Waals surface area contributed by atoms with E-state index in [1.165, 1.54) is 12.4 Å². The molecule has 0 bridgehead atoms. The normalized spacial score (nSPS) is 8.94. The highest BCUT2D eigenvalue weighted by Gasteiger charge is 1.92. The standard InChI is InChI=1S/C11H7N5/c12-7-11-13-8-10(9-14-11)3-1-5-16-6-2-4-15-16/h2,4,6,8-9H,5H2. The molecule has 0 atom stereocenters. The maximum absolute atomic E-state index is 8.51. The Labute approximate surface area is 92.4 Å². The Bertz CT molecular complexity index is 551. The van der Waals surface area contributed by atoms with Gasteiger partial charge in [0, 0.05) is 24.8 Å². The molecule has 2 rings (SSSR count). The lowest BCUT2D eigenvalue weighted by Crippen LogP contribution is -1.95. The Morgan fingerprint density at radius 3 is 2.75 bits per heavy atom. The molecule has 0 spiro atoms. The van der Waals surface area contributed by atoms with Gasteiger partial charge in [-0.3, -0.25) is 4.68 Å². The summed E-state index contributed by atoms with van der Waals surface area (Å²) < 4.78 is 1.72. The molecule has 0 unspecified atom stereocenters. The number of hydrogen-bond donors (Lipinski definition) is 0. The van der Waals surface area contributed by atoms with Gasteiger partial charge >= 0.3 is 0 Å². The molecule has 5 nitrogen and oxygen atoms in total. The molecule has 0 saturated carbocycles. The topological polar surface area (TPSA) is 67.4 Å². The molecule has 0 aromatic carbocycles. The van der Waals surface area contributed by atoms with Crippen LogP contribution in [0.2, 0.25) is 0 Å². The van der Waals surface area contributed by atoms with Gasteiger partial charge in [-0.25, -0.2) is 9.97 Å². The van der Waals surface area contributed by atoms with Gasteiger partial charge in [-0.05, 0) is 6.07 Å². The summed E-state index contributed by atoms with van der Waals surface area (Å²) in [5.74, 6) is 5.97. The van der Waals surface area contributed by atoms with Crippen LogP contribution in [0.25, 0.3) is 0 Å². The third-order valence-electron chi connectivity index (χ3n) is 1.78. The van der Waals surface area contributed by atoms with Crippen molar-refractivity contribution < 1.29 is 0 Å². The van der Waals surface area contributed by atoms with Gasteiger partial charge in [0.05, 0.1) is 5.56 Å². The summed E-state index contributed by atoms with van der Waals surface area (Å²) in [6.45, 7) is 0.521. The highest BCUT2D eigenvalue weighted by Crippen LogP contribution is 1.92. The molecule has 2 heterocycles. The first kappa shape index (κ1) is 9.88. The molecule has 0 saturated heterocycles. The molecule has 0 N–H and O–H groups in total. The van der Waals surface area contributed by atoms with Crippen molar-refractivity contribution >= 4 is 0 Å². The van der Waals surface area contributed by atoms with Gasteiger partial charge in [0.15, 0.2) is 0 Å². The Kier molecular flexibility index (Phi) is 2.91. The predicted octanol–water partition coefficient (Wildman–Crippen LogP) is 0.596. The third-order valence-corrected chi connectivity index (χ3v) is 1.78. The number of hydrogen-bond acceptors (Lipinski definition) is 4. The maximum atomic E-state index is 8.51. The smallest absolute Gasteiger partial charge is 0.232 e. The maximum Gasteiger partial charge on any atom is 0.232 e. The van der Waals surface area contributed by atoms with Crippen LogP contribution in [0.15, 0.2) is 30.9 Å². The van der Waals surface area contributed by atoms with Crippen molar-refractivity contribution in [3.05, 3.63) is 42.2 Å². The van der Waals surface area contributed by atoms with Crippen molar-refractivity contribution in [1.82, 2.24) is 19.7 Å². The first-order chi connectivity index (χ1) is 7.88. The fourth-order valence-electron chi connectivity index (χ4n) is 1.07. The van der Waals surface area contributed by atoms with Crippen molar-refractivity contribution in [1.29, 1.82) is 5.26 Å². The van der Waals surface area contributed by atoms with Gasteiger partial charge in [-0.1, -0.05) is 11.8 Å². The van der Waals surface area contributed by atoms with Crippen LogP contribution < -0.4 is 0 Å². The van der Waals surface area contributed by atoms with E-state index in [-0.39, 0.29) is 5.82 Å². The summed E-state index contributed by atoms with van der Waals surface area (Å²) in [4.78, 5) is 7.63. The first-order valence-electron chi connectivity index (χ1n) is 4.57. The molecule has 2 aromatic rings. The Morgan fingerprint density at radius 2 is 2.12 bits per heavy atom. The number of nitriles is 1. The molecular formula is C11H7N5. The summed E-state index contributed by atoms with van der Waals surface area (Å²) in [5.41, 5.74) is 0.686. The zero-order chi connectivity index (χ0) is 11.2. The van der Waals surface area contributed by atoms with Crippen molar-refractivity contribution in [3.63, 3.8) is 0 Å². The summed E-state index contributed by atoms with van der Waals surface area (Å²) in [5, 5.41) is 12.5. The lowest BCUT2D eigenvalue weighted by Gasteiger charge is -1.91. The van der Waals surface area contributed by atoms with Crippen molar-refractivity contribution in [2.24, 2.45) is 0 Å². The van der Waals surface area contributed by atoms with E-state index in [0.717, 1.165) is 0 Å². The Hall–Kier alpha value is -2.66. The average molecular weight is 209 g/mol. The van der Waals surface area contributed by atoms with E-state index in [1.807, 2.05) is 18.3 Å². The minimum absolute atomic E-state index is 0.151. The van der Waals surface area contributed by atoms with E-state index >= 15 is 0 Å². The summed E-state index contributed by atoms with van der Waals surface area (Å²) in [7, 11) is 0. The number of aromatic nitrogens is 4. The minimum Gasteiger partial charge on any atom is -0.261 e. The quantitative estimate of drug-likeness (QED) is 0.645. The van der Waals surface area contributed by atoms with Crippen molar-refractivity contribution in [2.75, 3.05) is 0 Å². The fourth-order valence-corrected chi connectivity index (χ4v) is 1.07. The summed E-state index contributed by atoms with van der Waals surface area (Å²) >= 11 is 0. The van der Waals surface area contributed by atoms with Crippen LogP contribution in [0.5, 0.6) is 0 Å².